The first-order chi connectivity index (χ1) is 7.95. The van der Waals surface area contributed by atoms with Crippen LogP contribution in [0.2, 0.25) is 0 Å². The number of carbonyl (C=O) groups is 1. The van der Waals surface area contributed by atoms with Gasteiger partial charge < -0.3 is 10.1 Å². The number of nitrogens with zero attached hydrogens (tertiary/aromatic N) is 1. The molecule has 0 bridgehead atoms. The number of hydrogen-bond acceptors (Lipinski definition) is 4. The summed E-state index contributed by atoms with van der Waals surface area (Å²) in [4.78, 5) is 11.0. The van der Waals surface area contributed by atoms with Gasteiger partial charge in [-0.2, -0.15) is 4.31 Å². The molecule has 0 aromatic rings. The standard InChI is InChI=1S/C10H20N2O4S/c1-3-10(13)11-4-7-17(14,15)12-5-6-16-9(2)8-12/h9H,3-8H2,1-2H3,(H,11,13). The Labute approximate surface area is 102 Å². The monoisotopic (exact) mass is 264 g/mol. The predicted octanol–water partition coefficient (Wildman–Crippen LogP) is -0.437. The van der Waals surface area contributed by atoms with E-state index in [2.05, 4.69) is 5.32 Å². The van der Waals surface area contributed by atoms with Gasteiger partial charge in [0.15, 0.2) is 0 Å². The molecule has 100 valence electrons. The van der Waals surface area contributed by atoms with E-state index < -0.39 is 10.0 Å². The van der Waals surface area contributed by atoms with Crippen molar-refractivity contribution in [1.82, 2.24) is 9.62 Å². The molecule has 0 aliphatic carbocycles. The maximum atomic E-state index is 11.9. The van der Waals surface area contributed by atoms with Crippen LogP contribution < -0.4 is 5.32 Å². The van der Waals surface area contributed by atoms with E-state index >= 15 is 0 Å². The average molecular weight is 264 g/mol. The predicted molar refractivity (Wildman–Crippen MR) is 64.1 cm³/mol. The van der Waals surface area contributed by atoms with Gasteiger partial charge in [-0.05, 0) is 6.92 Å². The highest BCUT2D eigenvalue weighted by Crippen LogP contribution is 2.09. The molecule has 7 heteroatoms. The number of morpholine rings is 1. The summed E-state index contributed by atoms with van der Waals surface area (Å²) in [6, 6.07) is 0. The average Bonchev–Trinajstić information content (AvgIpc) is 2.28. The fourth-order valence-electron chi connectivity index (χ4n) is 1.61. The molecule has 0 saturated carbocycles. The maximum Gasteiger partial charge on any atom is 0.219 e. The lowest BCUT2D eigenvalue weighted by Gasteiger charge is -2.30. The largest absolute Gasteiger partial charge is 0.376 e. The molecule has 0 aromatic carbocycles. The summed E-state index contributed by atoms with van der Waals surface area (Å²) in [5.41, 5.74) is 0. The van der Waals surface area contributed by atoms with Crippen LogP contribution in [-0.4, -0.2) is 56.7 Å². The van der Waals surface area contributed by atoms with Crippen LogP contribution >= 0.6 is 0 Å². The molecule has 1 heterocycles. The lowest BCUT2D eigenvalue weighted by atomic mass is 10.3. The summed E-state index contributed by atoms with van der Waals surface area (Å²) in [5.74, 6) is -0.179. The maximum absolute atomic E-state index is 11.9. The highest BCUT2D eigenvalue weighted by Gasteiger charge is 2.27. The molecule has 1 aliphatic heterocycles. The number of sulfonamides is 1. The SMILES string of the molecule is CCC(=O)NCCS(=O)(=O)N1CCOC(C)C1. The lowest BCUT2D eigenvalue weighted by Crippen LogP contribution is -2.46. The van der Waals surface area contributed by atoms with Crippen molar-refractivity contribution in [3.8, 4) is 0 Å². The van der Waals surface area contributed by atoms with Crippen molar-refractivity contribution in [2.24, 2.45) is 0 Å². The molecule has 1 rings (SSSR count). The Balaban J connectivity index is 2.42. The molecule has 0 spiro atoms. The van der Waals surface area contributed by atoms with Gasteiger partial charge >= 0.3 is 0 Å². The van der Waals surface area contributed by atoms with Crippen LogP contribution in [0.4, 0.5) is 0 Å². The van der Waals surface area contributed by atoms with Gasteiger partial charge in [0, 0.05) is 26.1 Å². The molecule has 0 aromatic heterocycles. The molecule has 1 aliphatic rings. The van der Waals surface area contributed by atoms with Gasteiger partial charge in [-0.1, -0.05) is 6.92 Å². The van der Waals surface area contributed by atoms with Crippen LogP contribution in [0.3, 0.4) is 0 Å². The molecule has 1 fully saturated rings. The van der Waals surface area contributed by atoms with E-state index in [0.717, 1.165) is 0 Å². The Hall–Kier alpha value is -0.660. The highest BCUT2D eigenvalue weighted by atomic mass is 32.2. The van der Waals surface area contributed by atoms with Crippen molar-refractivity contribution in [1.29, 1.82) is 0 Å². The number of ether oxygens (including phenoxy) is 1. The van der Waals surface area contributed by atoms with Gasteiger partial charge in [0.2, 0.25) is 15.9 Å². The quantitative estimate of drug-likeness (QED) is 0.730. The molecule has 1 atom stereocenters. The minimum absolute atomic E-state index is 0.0501. The zero-order valence-corrected chi connectivity index (χ0v) is 11.1. The van der Waals surface area contributed by atoms with Gasteiger partial charge in [0.1, 0.15) is 0 Å². The first-order valence-corrected chi connectivity index (χ1v) is 7.42. The van der Waals surface area contributed by atoms with Gasteiger partial charge in [0.05, 0.1) is 18.5 Å². The summed E-state index contributed by atoms with van der Waals surface area (Å²) < 4.78 is 30.6. The Morgan fingerprint density at radius 3 is 2.82 bits per heavy atom. The number of rotatable bonds is 5. The summed E-state index contributed by atoms with van der Waals surface area (Å²) in [5, 5.41) is 2.56. The summed E-state index contributed by atoms with van der Waals surface area (Å²) >= 11 is 0. The number of carbonyl (C=O) groups excluding carboxylic acids is 1. The first-order valence-electron chi connectivity index (χ1n) is 5.82. The topological polar surface area (TPSA) is 75.7 Å². The van der Waals surface area contributed by atoms with E-state index in [4.69, 9.17) is 4.74 Å². The molecular weight excluding hydrogens is 244 g/mol. The molecule has 1 saturated heterocycles. The van der Waals surface area contributed by atoms with Crippen LogP contribution in [0.5, 0.6) is 0 Å². The molecule has 1 unspecified atom stereocenters. The Morgan fingerprint density at radius 2 is 2.24 bits per heavy atom. The summed E-state index contributed by atoms with van der Waals surface area (Å²) in [6.45, 7) is 4.97. The van der Waals surface area contributed by atoms with Crippen molar-refractivity contribution < 1.29 is 17.9 Å². The molecule has 1 amide bonds. The fourth-order valence-corrected chi connectivity index (χ4v) is 3.02. The van der Waals surface area contributed by atoms with Gasteiger partial charge in [-0.25, -0.2) is 8.42 Å². The van der Waals surface area contributed by atoms with Crippen LogP contribution in [-0.2, 0) is 19.6 Å². The van der Waals surface area contributed by atoms with E-state index in [-0.39, 0.29) is 24.3 Å². The van der Waals surface area contributed by atoms with Gasteiger partial charge in [-0.15, -0.1) is 0 Å². The van der Waals surface area contributed by atoms with Gasteiger partial charge in [-0.3, -0.25) is 4.79 Å². The second-order valence-corrected chi connectivity index (χ2v) is 6.15. The van der Waals surface area contributed by atoms with E-state index in [1.165, 1.54) is 4.31 Å². The minimum Gasteiger partial charge on any atom is -0.376 e. The highest BCUT2D eigenvalue weighted by molar-refractivity contribution is 7.89. The molecule has 1 N–H and O–H groups in total. The molecule has 0 radical (unpaired) electrons. The Morgan fingerprint density at radius 1 is 1.53 bits per heavy atom. The third kappa shape index (κ3) is 4.61. The third-order valence-electron chi connectivity index (χ3n) is 2.60. The Kier molecular flexibility index (Phi) is 5.35. The first kappa shape index (κ1) is 14.4. The van der Waals surface area contributed by atoms with Gasteiger partial charge in [0.25, 0.3) is 0 Å². The van der Waals surface area contributed by atoms with Crippen molar-refractivity contribution in [3.63, 3.8) is 0 Å². The number of nitrogens with one attached hydrogen (secondary N) is 1. The van der Waals surface area contributed by atoms with Crippen molar-refractivity contribution >= 4 is 15.9 Å². The van der Waals surface area contributed by atoms with Crippen LogP contribution in [0.1, 0.15) is 20.3 Å². The second kappa shape index (κ2) is 6.32. The van der Waals surface area contributed by atoms with Crippen LogP contribution in [0.25, 0.3) is 0 Å². The molecular formula is C10H20N2O4S. The molecule has 6 nitrogen and oxygen atoms in total. The second-order valence-electron chi connectivity index (χ2n) is 4.06. The zero-order valence-electron chi connectivity index (χ0n) is 10.3. The number of amides is 1. The molecule has 17 heavy (non-hydrogen) atoms. The third-order valence-corrected chi connectivity index (χ3v) is 4.44. The fraction of sp³-hybridized carbons (Fsp3) is 0.900. The summed E-state index contributed by atoms with van der Waals surface area (Å²) in [7, 11) is -3.28. The number of hydrogen-bond donors (Lipinski definition) is 1. The van der Waals surface area contributed by atoms with E-state index in [9.17, 15) is 13.2 Å². The van der Waals surface area contributed by atoms with E-state index in [1.54, 1.807) is 6.92 Å². The lowest BCUT2D eigenvalue weighted by molar-refractivity contribution is -0.120. The summed E-state index contributed by atoms with van der Waals surface area (Å²) in [6.07, 6.45) is 0.304. The van der Waals surface area contributed by atoms with E-state index in [0.29, 0.717) is 26.1 Å². The van der Waals surface area contributed by atoms with Crippen LogP contribution in [0, 0.1) is 0 Å². The van der Waals surface area contributed by atoms with Crippen LogP contribution in [0.15, 0.2) is 0 Å². The smallest absolute Gasteiger partial charge is 0.219 e. The van der Waals surface area contributed by atoms with Crippen molar-refractivity contribution in [3.05, 3.63) is 0 Å². The minimum atomic E-state index is -3.28. The Bertz CT molecular complexity index is 355. The van der Waals surface area contributed by atoms with E-state index in [1.807, 2.05) is 6.92 Å². The normalized spacial score (nSPS) is 22.4. The van der Waals surface area contributed by atoms with Crippen molar-refractivity contribution in [2.75, 3.05) is 32.0 Å². The zero-order chi connectivity index (χ0) is 12.9. The van der Waals surface area contributed by atoms with Crippen molar-refractivity contribution in [2.45, 2.75) is 26.4 Å².